The Morgan fingerprint density at radius 2 is 1.21 bits per heavy atom. The van der Waals surface area contributed by atoms with Crippen molar-refractivity contribution in [1.29, 1.82) is 0 Å². The van der Waals surface area contributed by atoms with Crippen molar-refractivity contribution in [2.45, 2.75) is 286 Å². The second-order valence-corrected chi connectivity index (χ2v) is 36.6. The SMILES string of the molecule is CCC(C)[C@H](NC(=O)[C@H](CCSC)NC=O)C(=O)N[C@@H](Cc1ccccc1)C(=O)N[C@@H](CC(C)C)C(=O)NCC[C@@H](O)[C@@H]1NC(=O)[C@H]([C@H](O)[C@@H](O)c2ccc(O)cc2)NC(=O)[C@@H]2C[C@@H](O)CN2C(=O)[C@H]([C@@H](C)O)NC(=O)[C@@H](NC(=O)CCCCCCCC[C@@H](C)C[C@@H](C)CC)C[C@@H](O)[C@@H](NCCNC(=O)OCC2c3ccccc3-c3ccccc32)NC(=O)[C@@H]2[C@@H](O)CCN2C1=O. The van der Waals surface area contributed by atoms with Crippen LogP contribution in [0.5, 0.6) is 5.75 Å². The fourth-order valence-electron chi connectivity index (χ4n) is 17.2. The van der Waals surface area contributed by atoms with Gasteiger partial charge in [0.2, 0.25) is 71.4 Å². The van der Waals surface area contributed by atoms with Crippen molar-refractivity contribution in [3.05, 3.63) is 125 Å². The Bertz CT molecular complexity index is 4380. The molecule has 0 aromatic heterocycles. The number of ether oxygens (including phenoxy) is 1. The Morgan fingerprint density at radius 3 is 1.85 bits per heavy atom. The molecular formula is C94H138N14O22S. The highest BCUT2D eigenvalue weighted by molar-refractivity contribution is 7.98. The Labute approximate surface area is 770 Å². The van der Waals surface area contributed by atoms with Crippen molar-refractivity contribution in [2.24, 2.45) is 23.7 Å². The molecule has 0 spiro atoms. The number of unbranched alkanes of at least 4 members (excludes halogenated alkanes) is 5. The van der Waals surface area contributed by atoms with Gasteiger partial charge in [0, 0.05) is 64.3 Å². The van der Waals surface area contributed by atoms with Crippen LogP contribution in [0.15, 0.2) is 103 Å². The van der Waals surface area contributed by atoms with Crippen molar-refractivity contribution in [3.8, 4) is 16.9 Å². The topological polar surface area (TPSA) is 544 Å². The van der Waals surface area contributed by atoms with Crippen molar-refractivity contribution in [3.63, 3.8) is 0 Å². The lowest BCUT2D eigenvalue weighted by molar-refractivity contribution is -0.148. The molecular weight excluding hydrogens is 1710 g/mol. The van der Waals surface area contributed by atoms with E-state index in [1.165, 1.54) is 11.8 Å². The molecule has 131 heavy (non-hydrogen) atoms. The number of nitrogens with one attached hydrogen (secondary N) is 12. The summed E-state index contributed by atoms with van der Waals surface area (Å²) in [5.74, 6) is -11.3. The molecule has 722 valence electrons. The standard InChI is InChI=1S/C94H138N14O22S/c1-10-54(5)46-55(6)25-17-14-12-13-15-20-32-75(116)99-70-49-74(115)83(95-41-42-97-94(129)130-51-66-64-30-23-21-28-62(64)63-29-22-24-31-65(63)66)106-91(126)80-73(114)38-43-107(80)93(128)78(104-90(125)79(82(118)81(117)59-33-35-60(111)36-34-59)105-88(123)71-48-61(112)50-108(71)92(127)77(57(8)110)103-87(70)122)72(113)37-40-96-84(119)68(45-53(3)4)100-86(121)69(47-58-26-18-16-19-27-58)101-89(124)76(56(7)11-2)102-85(120)67(98-52-109)39-44-131-9/h16,18-19,21-24,26-31,33-36,52-57,61,66-74,76-83,95,110-115,117-118H,10-15,17,20,25,32,37-51H2,1-9H3,(H,96,119)(H,97,129)(H,98,109)(H,99,116)(H,100,121)(H,101,124)(H,102,120)(H,103,122)(H,104,125)(H,105,123)(H,106,126)/t54-,55+,56?,57+,61+,67-,68-,69-,70-,71-,72+,73-,74+,76-,77-,78-,79-,80-,81-,82-,83-/m0/s1. The zero-order valence-corrected chi connectivity index (χ0v) is 77.3. The van der Waals surface area contributed by atoms with Gasteiger partial charge in [-0.3, -0.25) is 62.9 Å². The molecule has 4 aromatic rings. The van der Waals surface area contributed by atoms with E-state index in [0.29, 0.717) is 48.8 Å². The number of thioether (sulfide) groups is 1. The van der Waals surface area contributed by atoms with Crippen molar-refractivity contribution >= 4 is 89.2 Å². The van der Waals surface area contributed by atoms with Crippen molar-refractivity contribution in [2.75, 3.05) is 51.3 Å². The monoisotopic (exact) mass is 1850 g/mol. The van der Waals surface area contributed by atoms with Gasteiger partial charge in [-0.1, -0.05) is 191 Å². The summed E-state index contributed by atoms with van der Waals surface area (Å²) < 4.78 is 5.78. The van der Waals surface area contributed by atoms with Gasteiger partial charge < -0.3 is 114 Å². The molecule has 20 N–H and O–H groups in total. The molecule has 0 saturated carbocycles. The first-order valence-electron chi connectivity index (χ1n) is 46.0. The molecule has 37 heteroatoms. The van der Waals surface area contributed by atoms with E-state index in [2.05, 4.69) is 84.6 Å². The predicted octanol–water partition coefficient (Wildman–Crippen LogP) is 2.08. The van der Waals surface area contributed by atoms with Crippen LogP contribution in [0, 0.1) is 23.7 Å². The normalized spacial score (nSPS) is 23.0. The van der Waals surface area contributed by atoms with Gasteiger partial charge in [-0.25, -0.2) is 4.79 Å². The summed E-state index contributed by atoms with van der Waals surface area (Å²) in [6, 6.07) is 11.1. The van der Waals surface area contributed by atoms with E-state index < -0.39 is 225 Å². The average molecular weight is 1850 g/mol. The van der Waals surface area contributed by atoms with Crippen LogP contribution in [0.4, 0.5) is 4.79 Å². The van der Waals surface area contributed by atoms with Gasteiger partial charge in [0.25, 0.3) is 0 Å². The molecule has 0 radical (unpaired) electrons. The lowest BCUT2D eigenvalue weighted by Crippen LogP contribution is -2.65. The van der Waals surface area contributed by atoms with Gasteiger partial charge in [-0.2, -0.15) is 11.8 Å². The van der Waals surface area contributed by atoms with Gasteiger partial charge in [-0.05, 0) is 127 Å². The molecule has 4 aliphatic rings. The Hall–Kier alpha value is -10.4. The number of nitrogens with zero attached hydrogens (tertiary/aromatic N) is 2. The summed E-state index contributed by atoms with van der Waals surface area (Å²) in [7, 11) is 0. The molecule has 13 amide bonds. The molecule has 3 aliphatic heterocycles. The van der Waals surface area contributed by atoms with Gasteiger partial charge >= 0.3 is 6.09 Å². The van der Waals surface area contributed by atoms with E-state index in [4.69, 9.17) is 4.74 Å². The van der Waals surface area contributed by atoms with Crippen molar-refractivity contribution in [1.82, 2.24) is 73.6 Å². The second kappa shape index (κ2) is 52.8. The number of carbonyl (C=O) groups is 13. The molecule has 3 fully saturated rings. The molecule has 4 aromatic carbocycles. The lowest BCUT2D eigenvalue weighted by Gasteiger charge is -2.35. The minimum Gasteiger partial charge on any atom is -0.508 e. The highest BCUT2D eigenvalue weighted by atomic mass is 32.2. The molecule has 21 atom stereocenters. The molecule has 36 nitrogen and oxygen atoms in total. The van der Waals surface area contributed by atoms with Crippen LogP contribution < -0.4 is 63.8 Å². The quantitative estimate of drug-likeness (QED) is 0.0222. The average Bonchev–Trinajstić information content (AvgIpc) is 1.61. The molecule has 1 unspecified atom stereocenters. The first-order valence-corrected chi connectivity index (χ1v) is 47.4. The summed E-state index contributed by atoms with van der Waals surface area (Å²) >= 11 is 1.44. The number of aliphatic hydroxyl groups is 7. The number of phenols is 1. The largest absolute Gasteiger partial charge is 0.508 e. The van der Waals surface area contributed by atoms with Crippen LogP contribution in [-0.4, -0.2) is 283 Å². The molecule has 3 heterocycles. The van der Waals surface area contributed by atoms with Crippen LogP contribution in [0.2, 0.25) is 0 Å². The first kappa shape index (κ1) is 106. The number of rotatable bonds is 45. The van der Waals surface area contributed by atoms with Crippen LogP contribution in [0.25, 0.3) is 11.1 Å². The maximum absolute atomic E-state index is 15.8. The summed E-state index contributed by atoms with van der Waals surface area (Å²) in [6.07, 6.45) is -8.47. The maximum atomic E-state index is 15.8. The number of carbonyl (C=O) groups excluding carboxylic acids is 13. The zero-order chi connectivity index (χ0) is 95.7. The lowest BCUT2D eigenvalue weighted by atomic mass is 9.91. The number of alkyl carbamates (subject to hydrolysis) is 1. The van der Waals surface area contributed by atoms with Crippen LogP contribution in [0.3, 0.4) is 0 Å². The summed E-state index contributed by atoms with van der Waals surface area (Å²) in [6.45, 7) is 12.4. The predicted molar refractivity (Wildman–Crippen MR) is 489 cm³/mol. The molecule has 8 rings (SSSR count). The van der Waals surface area contributed by atoms with Crippen LogP contribution in [0.1, 0.15) is 199 Å². The van der Waals surface area contributed by atoms with E-state index in [1.54, 1.807) is 58.0 Å². The molecule has 0 bridgehead atoms. The number of benzene rings is 4. The van der Waals surface area contributed by atoms with Crippen LogP contribution in [-0.2, 0) is 68.7 Å². The van der Waals surface area contributed by atoms with Crippen LogP contribution >= 0.6 is 11.8 Å². The summed E-state index contributed by atoms with van der Waals surface area (Å²) in [5.41, 5.74) is 4.27. The third-order valence-electron chi connectivity index (χ3n) is 25.0. The smallest absolute Gasteiger partial charge is 0.407 e. The van der Waals surface area contributed by atoms with Gasteiger partial charge in [0.05, 0.1) is 30.5 Å². The number of aromatic hydroxyl groups is 1. The number of hydrogen-bond acceptors (Lipinski definition) is 24. The Kier molecular flexibility index (Phi) is 42.7. The third kappa shape index (κ3) is 31.1. The van der Waals surface area contributed by atoms with E-state index >= 15 is 28.8 Å². The highest BCUT2D eigenvalue weighted by Gasteiger charge is 2.50. The summed E-state index contributed by atoms with van der Waals surface area (Å²) in [4.78, 5) is 191. The zero-order valence-electron chi connectivity index (χ0n) is 76.4. The maximum Gasteiger partial charge on any atom is 0.407 e. The minimum atomic E-state index is -2.47. The summed E-state index contributed by atoms with van der Waals surface area (Å²) in [5, 5.41) is 126. The van der Waals surface area contributed by atoms with Gasteiger partial charge in [0.15, 0.2) is 0 Å². The fourth-order valence-corrected chi connectivity index (χ4v) is 17.7. The minimum absolute atomic E-state index is 0.0361. The van der Waals surface area contributed by atoms with Crippen molar-refractivity contribution < 1.29 is 108 Å². The van der Waals surface area contributed by atoms with E-state index in [-0.39, 0.29) is 74.9 Å². The Balaban J connectivity index is 1.12. The molecule has 1 aliphatic carbocycles. The second-order valence-electron chi connectivity index (χ2n) is 35.7. The number of aliphatic hydroxyl groups excluding tert-OH is 7. The first-order chi connectivity index (χ1) is 62.6. The third-order valence-corrected chi connectivity index (χ3v) is 25.7. The number of fused-ring (bicyclic) bond motifs is 5. The van der Waals surface area contributed by atoms with Gasteiger partial charge in [-0.15, -0.1) is 0 Å². The van der Waals surface area contributed by atoms with E-state index in [1.807, 2.05) is 54.8 Å². The number of amides is 13. The number of phenolic OH excluding ortho intramolecular Hbond substituents is 1. The highest BCUT2D eigenvalue weighted by Crippen LogP contribution is 2.45. The van der Waals surface area contributed by atoms with E-state index in [9.17, 15) is 74.4 Å². The van der Waals surface area contributed by atoms with E-state index in [0.717, 1.165) is 108 Å². The van der Waals surface area contributed by atoms with Gasteiger partial charge in [0.1, 0.15) is 91.1 Å². The Morgan fingerprint density at radius 1 is 0.588 bits per heavy atom. The molecule has 3 saturated heterocycles. The fraction of sp³-hybridized carbons (Fsp3) is 0.606. The number of hydrogen-bond donors (Lipinski definition) is 20.